The minimum atomic E-state index is -1.39. The molecule has 0 unspecified atom stereocenters. The number of hydrogen-bond donors (Lipinski definition) is 2. The molecule has 2 rings (SSSR count). The predicted octanol–water partition coefficient (Wildman–Crippen LogP) is 2.45. The van der Waals surface area contributed by atoms with E-state index < -0.39 is 7.12 Å². The van der Waals surface area contributed by atoms with Gasteiger partial charge in [0.2, 0.25) is 0 Å². The Hall–Kier alpha value is -0.935. The molecular weight excluding hydrogens is 278 g/mol. The van der Waals surface area contributed by atoms with Gasteiger partial charge >= 0.3 is 7.12 Å². The number of rotatable bonds is 5. The van der Waals surface area contributed by atoms with Gasteiger partial charge in [0.1, 0.15) is 0 Å². The van der Waals surface area contributed by atoms with Gasteiger partial charge in [-0.2, -0.15) is 11.8 Å². The summed E-state index contributed by atoms with van der Waals surface area (Å²) >= 11 is 7.65. The van der Waals surface area contributed by atoms with E-state index in [0.29, 0.717) is 5.46 Å². The first-order chi connectivity index (χ1) is 9.15. The van der Waals surface area contributed by atoms with E-state index in [4.69, 9.17) is 21.6 Å². The van der Waals surface area contributed by atoms with Crippen LogP contribution in [0, 0.1) is 0 Å². The molecule has 2 nitrogen and oxygen atoms in total. The maximum Gasteiger partial charge on any atom is 0.488 e. The van der Waals surface area contributed by atoms with Gasteiger partial charge in [-0.05, 0) is 28.7 Å². The molecule has 5 heteroatoms. The van der Waals surface area contributed by atoms with Crippen molar-refractivity contribution in [3.63, 3.8) is 0 Å². The van der Waals surface area contributed by atoms with Crippen LogP contribution in [0.4, 0.5) is 0 Å². The highest BCUT2D eigenvalue weighted by molar-refractivity contribution is 7.97. The van der Waals surface area contributed by atoms with E-state index in [1.165, 1.54) is 11.1 Å². The fourth-order valence-corrected chi connectivity index (χ4v) is 2.74. The van der Waals surface area contributed by atoms with Crippen LogP contribution in [0.3, 0.4) is 0 Å². The standard InChI is InChI=1S/C14H14BClO2S/c16-14-7-3-12(4-8-14)10-19-9-11-1-5-13(6-2-11)15(17)18/h1-8,17-18H,9-10H2. The van der Waals surface area contributed by atoms with Crippen molar-refractivity contribution in [3.8, 4) is 0 Å². The summed E-state index contributed by atoms with van der Waals surface area (Å²) in [5.41, 5.74) is 2.94. The Morgan fingerprint density at radius 2 is 1.32 bits per heavy atom. The Morgan fingerprint density at radius 3 is 1.79 bits per heavy atom. The molecule has 0 aliphatic rings. The molecule has 0 amide bonds. The molecule has 98 valence electrons. The van der Waals surface area contributed by atoms with Gasteiger partial charge in [0.05, 0.1) is 0 Å². The summed E-state index contributed by atoms with van der Waals surface area (Å²) in [4.78, 5) is 0. The van der Waals surface area contributed by atoms with Crippen molar-refractivity contribution in [3.05, 3.63) is 64.7 Å². The van der Waals surface area contributed by atoms with E-state index in [1.807, 2.05) is 48.2 Å². The maximum atomic E-state index is 9.00. The highest BCUT2D eigenvalue weighted by atomic mass is 35.5. The molecule has 0 spiro atoms. The lowest BCUT2D eigenvalue weighted by atomic mass is 9.80. The fraction of sp³-hybridized carbons (Fsp3) is 0.143. The van der Waals surface area contributed by atoms with Crippen molar-refractivity contribution in [2.45, 2.75) is 11.5 Å². The van der Waals surface area contributed by atoms with E-state index in [1.54, 1.807) is 12.1 Å². The summed E-state index contributed by atoms with van der Waals surface area (Å²) in [5.74, 6) is 1.83. The van der Waals surface area contributed by atoms with E-state index >= 15 is 0 Å². The van der Waals surface area contributed by atoms with Crippen molar-refractivity contribution in [1.82, 2.24) is 0 Å². The molecule has 2 aromatic rings. The number of benzene rings is 2. The molecule has 0 saturated heterocycles. The van der Waals surface area contributed by atoms with Gasteiger partial charge in [-0.1, -0.05) is 48.0 Å². The van der Waals surface area contributed by atoms with Crippen molar-refractivity contribution in [2.24, 2.45) is 0 Å². The van der Waals surface area contributed by atoms with Gasteiger partial charge in [-0.15, -0.1) is 0 Å². The zero-order valence-electron chi connectivity index (χ0n) is 10.3. The molecule has 2 N–H and O–H groups in total. The average molecular weight is 293 g/mol. The van der Waals surface area contributed by atoms with Gasteiger partial charge < -0.3 is 10.0 Å². The summed E-state index contributed by atoms with van der Waals surface area (Å²) in [6.07, 6.45) is 0. The third kappa shape index (κ3) is 4.58. The van der Waals surface area contributed by atoms with Gasteiger partial charge in [-0.25, -0.2) is 0 Å². The molecule has 0 aliphatic heterocycles. The number of thioether (sulfide) groups is 1. The molecule has 2 aromatic carbocycles. The smallest absolute Gasteiger partial charge is 0.423 e. The molecule has 0 aliphatic carbocycles. The predicted molar refractivity (Wildman–Crippen MR) is 82.7 cm³/mol. The molecule has 0 fully saturated rings. The van der Waals surface area contributed by atoms with E-state index in [2.05, 4.69) is 0 Å². The molecule has 0 radical (unpaired) electrons. The van der Waals surface area contributed by atoms with Crippen LogP contribution in [-0.2, 0) is 11.5 Å². The van der Waals surface area contributed by atoms with Gasteiger partial charge in [0.25, 0.3) is 0 Å². The SMILES string of the molecule is OB(O)c1ccc(CSCc2ccc(Cl)cc2)cc1. The Balaban J connectivity index is 1.83. The first kappa shape index (κ1) is 14.5. The van der Waals surface area contributed by atoms with Crippen LogP contribution in [0.1, 0.15) is 11.1 Å². The van der Waals surface area contributed by atoms with Gasteiger partial charge in [0.15, 0.2) is 0 Å². The summed E-state index contributed by atoms with van der Waals surface area (Å²) in [5, 5.41) is 18.8. The van der Waals surface area contributed by atoms with Crippen molar-refractivity contribution in [2.75, 3.05) is 0 Å². The van der Waals surface area contributed by atoms with Crippen LogP contribution in [0.2, 0.25) is 5.02 Å². The average Bonchev–Trinajstić information content (AvgIpc) is 2.41. The van der Waals surface area contributed by atoms with E-state index in [9.17, 15) is 0 Å². The quantitative estimate of drug-likeness (QED) is 0.832. The zero-order valence-corrected chi connectivity index (χ0v) is 11.9. The van der Waals surface area contributed by atoms with Crippen LogP contribution in [0.15, 0.2) is 48.5 Å². The monoisotopic (exact) mass is 292 g/mol. The third-order valence-electron chi connectivity index (χ3n) is 2.73. The lowest BCUT2D eigenvalue weighted by Gasteiger charge is -2.04. The highest BCUT2D eigenvalue weighted by Gasteiger charge is 2.09. The maximum absolute atomic E-state index is 9.00. The van der Waals surface area contributed by atoms with E-state index in [0.717, 1.165) is 16.5 Å². The zero-order chi connectivity index (χ0) is 13.7. The summed E-state index contributed by atoms with van der Waals surface area (Å²) < 4.78 is 0. The molecule has 0 atom stereocenters. The van der Waals surface area contributed by atoms with Crippen molar-refractivity contribution < 1.29 is 10.0 Å². The summed E-state index contributed by atoms with van der Waals surface area (Å²) in [7, 11) is -1.39. The Morgan fingerprint density at radius 1 is 0.842 bits per heavy atom. The molecule has 0 bridgehead atoms. The minimum absolute atomic E-state index is 0.520. The third-order valence-corrected chi connectivity index (χ3v) is 4.06. The number of hydrogen-bond acceptors (Lipinski definition) is 3. The minimum Gasteiger partial charge on any atom is -0.423 e. The Kier molecular flexibility index (Phi) is 5.34. The molecule has 0 heterocycles. The van der Waals surface area contributed by atoms with E-state index in [-0.39, 0.29) is 0 Å². The summed E-state index contributed by atoms with van der Waals surface area (Å²) in [6, 6.07) is 15.2. The lowest BCUT2D eigenvalue weighted by Crippen LogP contribution is -2.29. The second kappa shape index (κ2) is 7.01. The van der Waals surface area contributed by atoms with Crippen LogP contribution in [0.25, 0.3) is 0 Å². The second-order valence-corrected chi connectivity index (χ2v) is 5.66. The first-order valence-corrected chi connectivity index (χ1v) is 7.45. The highest BCUT2D eigenvalue weighted by Crippen LogP contribution is 2.19. The van der Waals surface area contributed by atoms with Crippen LogP contribution < -0.4 is 5.46 Å². The number of halogens is 1. The van der Waals surface area contributed by atoms with Gasteiger partial charge in [0, 0.05) is 16.5 Å². The van der Waals surface area contributed by atoms with Crippen LogP contribution in [0.5, 0.6) is 0 Å². The van der Waals surface area contributed by atoms with Crippen LogP contribution >= 0.6 is 23.4 Å². The summed E-state index contributed by atoms with van der Waals surface area (Å²) in [6.45, 7) is 0. The molecular formula is C14H14BClO2S. The Labute approximate surface area is 122 Å². The topological polar surface area (TPSA) is 40.5 Å². The normalized spacial score (nSPS) is 10.5. The molecule has 0 saturated carbocycles. The van der Waals surface area contributed by atoms with Crippen molar-refractivity contribution in [1.29, 1.82) is 0 Å². The first-order valence-electron chi connectivity index (χ1n) is 5.92. The van der Waals surface area contributed by atoms with Gasteiger partial charge in [-0.3, -0.25) is 0 Å². The Bertz CT molecular complexity index is 514. The van der Waals surface area contributed by atoms with Crippen molar-refractivity contribution >= 4 is 35.9 Å². The lowest BCUT2D eigenvalue weighted by molar-refractivity contribution is 0.426. The molecule has 19 heavy (non-hydrogen) atoms. The van der Waals surface area contributed by atoms with Crippen LogP contribution in [-0.4, -0.2) is 17.2 Å². The fourth-order valence-electron chi connectivity index (χ4n) is 1.65. The molecule has 0 aromatic heterocycles. The largest absolute Gasteiger partial charge is 0.488 e. The second-order valence-electron chi connectivity index (χ2n) is 4.23.